The van der Waals surface area contributed by atoms with Gasteiger partial charge in [-0.1, -0.05) is 43.7 Å². The van der Waals surface area contributed by atoms with Gasteiger partial charge < -0.3 is 5.32 Å². The average molecular weight is 350 g/mol. The van der Waals surface area contributed by atoms with Crippen LogP contribution in [-0.2, 0) is 0 Å². The molecule has 0 fully saturated rings. The number of carbonyl (C=O) groups is 1. The third-order valence-electron chi connectivity index (χ3n) is 3.26. The summed E-state index contributed by atoms with van der Waals surface area (Å²) >= 11 is 3.23. The second-order valence-electron chi connectivity index (χ2n) is 4.85. The van der Waals surface area contributed by atoms with E-state index in [0.29, 0.717) is 10.0 Å². The molecule has 0 heterocycles. The monoisotopic (exact) mass is 349 g/mol. The third-order valence-corrected chi connectivity index (χ3v) is 3.92. The molecular formula is C17H17BrFNO. The summed E-state index contributed by atoms with van der Waals surface area (Å²) in [4.78, 5) is 12.4. The molecule has 0 bridgehead atoms. The van der Waals surface area contributed by atoms with Crippen LogP contribution >= 0.6 is 15.9 Å². The number of amides is 1. The molecule has 4 heteroatoms. The number of hydrogen-bond donors (Lipinski definition) is 1. The van der Waals surface area contributed by atoms with E-state index < -0.39 is 0 Å². The van der Waals surface area contributed by atoms with Crippen molar-refractivity contribution in [2.75, 3.05) is 0 Å². The summed E-state index contributed by atoms with van der Waals surface area (Å²) in [5.74, 6) is -0.573. The molecule has 2 aromatic rings. The van der Waals surface area contributed by atoms with Gasteiger partial charge in [0.05, 0.1) is 11.6 Å². The molecule has 0 aliphatic rings. The first-order chi connectivity index (χ1) is 10.1. The van der Waals surface area contributed by atoms with Crippen LogP contribution in [-0.4, -0.2) is 5.91 Å². The maximum absolute atomic E-state index is 13.1. The number of nitrogens with one attached hydrogen (secondary N) is 1. The number of rotatable bonds is 5. The van der Waals surface area contributed by atoms with Crippen molar-refractivity contribution in [2.24, 2.45) is 0 Å². The summed E-state index contributed by atoms with van der Waals surface area (Å²) in [6, 6.07) is 13.9. The van der Waals surface area contributed by atoms with Crippen LogP contribution in [0.1, 0.15) is 41.7 Å². The van der Waals surface area contributed by atoms with Crippen molar-refractivity contribution in [2.45, 2.75) is 25.8 Å². The smallest absolute Gasteiger partial charge is 0.252 e. The van der Waals surface area contributed by atoms with Gasteiger partial charge in [0.25, 0.3) is 5.91 Å². The van der Waals surface area contributed by atoms with E-state index in [2.05, 4.69) is 28.2 Å². The van der Waals surface area contributed by atoms with Crippen molar-refractivity contribution < 1.29 is 9.18 Å². The third kappa shape index (κ3) is 4.14. The van der Waals surface area contributed by atoms with Gasteiger partial charge in [-0.15, -0.1) is 0 Å². The molecule has 21 heavy (non-hydrogen) atoms. The Bertz CT molecular complexity index is 615. The SMILES string of the molecule is CCC[C@@H](NC(=O)c1ccc(F)cc1Br)c1ccccc1. The van der Waals surface area contributed by atoms with E-state index in [1.165, 1.54) is 18.2 Å². The van der Waals surface area contributed by atoms with Gasteiger partial charge in [0.2, 0.25) is 0 Å². The minimum Gasteiger partial charge on any atom is -0.345 e. The number of benzene rings is 2. The van der Waals surface area contributed by atoms with Crippen LogP contribution in [0.15, 0.2) is 53.0 Å². The predicted molar refractivity (Wildman–Crippen MR) is 85.7 cm³/mol. The van der Waals surface area contributed by atoms with E-state index in [4.69, 9.17) is 0 Å². The molecule has 0 saturated carbocycles. The van der Waals surface area contributed by atoms with Gasteiger partial charge in [0.1, 0.15) is 5.82 Å². The maximum atomic E-state index is 13.1. The van der Waals surface area contributed by atoms with Crippen LogP contribution in [0.3, 0.4) is 0 Å². The van der Waals surface area contributed by atoms with Crippen molar-refractivity contribution in [3.8, 4) is 0 Å². The van der Waals surface area contributed by atoms with Gasteiger partial charge in [-0.3, -0.25) is 4.79 Å². The normalized spacial score (nSPS) is 12.0. The van der Waals surface area contributed by atoms with Crippen molar-refractivity contribution >= 4 is 21.8 Å². The van der Waals surface area contributed by atoms with Crippen LogP contribution in [0.25, 0.3) is 0 Å². The Morgan fingerprint density at radius 1 is 1.24 bits per heavy atom. The van der Waals surface area contributed by atoms with Crippen LogP contribution in [0.2, 0.25) is 0 Å². The van der Waals surface area contributed by atoms with E-state index in [9.17, 15) is 9.18 Å². The molecule has 0 aliphatic carbocycles. The fourth-order valence-corrected chi connectivity index (χ4v) is 2.74. The Hall–Kier alpha value is -1.68. The van der Waals surface area contributed by atoms with Gasteiger partial charge in [0, 0.05) is 4.47 Å². The van der Waals surface area contributed by atoms with Crippen molar-refractivity contribution in [3.63, 3.8) is 0 Å². The topological polar surface area (TPSA) is 29.1 Å². The second kappa shape index (κ2) is 7.36. The number of carbonyl (C=O) groups excluding carboxylic acids is 1. The Kier molecular flexibility index (Phi) is 5.51. The van der Waals surface area contributed by atoms with Gasteiger partial charge >= 0.3 is 0 Å². The number of halogens is 2. The highest BCUT2D eigenvalue weighted by Crippen LogP contribution is 2.22. The maximum Gasteiger partial charge on any atom is 0.252 e. The summed E-state index contributed by atoms with van der Waals surface area (Å²) in [6.45, 7) is 2.08. The molecular weight excluding hydrogens is 333 g/mol. The number of hydrogen-bond acceptors (Lipinski definition) is 1. The summed E-state index contributed by atoms with van der Waals surface area (Å²) in [5, 5.41) is 3.02. The van der Waals surface area contributed by atoms with E-state index in [0.717, 1.165) is 18.4 Å². The van der Waals surface area contributed by atoms with Crippen LogP contribution in [0.4, 0.5) is 4.39 Å². The second-order valence-corrected chi connectivity index (χ2v) is 5.70. The summed E-state index contributed by atoms with van der Waals surface area (Å²) in [6.07, 6.45) is 1.82. The fourth-order valence-electron chi connectivity index (χ4n) is 2.21. The molecule has 0 unspecified atom stereocenters. The quantitative estimate of drug-likeness (QED) is 0.820. The van der Waals surface area contributed by atoms with E-state index in [1.54, 1.807) is 0 Å². The Balaban J connectivity index is 2.18. The lowest BCUT2D eigenvalue weighted by Crippen LogP contribution is -2.28. The molecule has 0 radical (unpaired) electrons. The molecule has 0 aromatic heterocycles. The van der Waals surface area contributed by atoms with E-state index >= 15 is 0 Å². The largest absolute Gasteiger partial charge is 0.345 e. The fraction of sp³-hybridized carbons (Fsp3) is 0.235. The average Bonchev–Trinajstić information content (AvgIpc) is 2.47. The molecule has 2 aromatic carbocycles. The first-order valence-electron chi connectivity index (χ1n) is 6.92. The highest BCUT2D eigenvalue weighted by atomic mass is 79.9. The Labute approximate surface area is 132 Å². The van der Waals surface area contributed by atoms with Crippen molar-refractivity contribution in [3.05, 3.63) is 69.9 Å². The molecule has 1 atom stereocenters. The van der Waals surface area contributed by atoms with Gasteiger partial charge in [-0.2, -0.15) is 0 Å². The van der Waals surface area contributed by atoms with E-state index in [-0.39, 0.29) is 17.8 Å². The summed E-state index contributed by atoms with van der Waals surface area (Å²) < 4.78 is 13.6. The predicted octanol–water partition coefficient (Wildman–Crippen LogP) is 4.86. The lowest BCUT2D eigenvalue weighted by atomic mass is 10.0. The van der Waals surface area contributed by atoms with Crippen molar-refractivity contribution in [1.82, 2.24) is 5.32 Å². The highest BCUT2D eigenvalue weighted by molar-refractivity contribution is 9.10. The van der Waals surface area contributed by atoms with Gasteiger partial charge in [-0.05, 0) is 46.1 Å². The summed E-state index contributed by atoms with van der Waals surface area (Å²) in [7, 11) is 0. The minimum absolute atomic E-state index is 0.0411. The van der Waals surface area contributed by atoms with Gasteiger partial charge in [-0.25, -0.2) is 4.39 Å². The van der Waals surface area contributed by atoms with Crippen LogP contribution in [0, 0.1) is 5.82 Å². The van der Waals surface area contributed by atoms with E-state index in [1.807, 2.05) is 30.3 Å². The lowest BCUT2D eigenvalue weighted by Gasteiger charge is -2.19. The zero-order valence-corrected chi connectivity index (χ0v) is 13.4. The Morgan fingerprint density at radius 2 is 1.95 bits per heavy atom. The zero-order valence-electron chi connectivity index (χ0n) is 11.8. The zero-order chi connectivity index (χ0) is 15.2. The molecule has 1 amide bonds. The Morgan fingerprint density at radius 3 is 2.57 bits per heavy atom. The van der Waals surface area contributed by atoms with Gasteiger partial charge in [0.15, 0.2) is 0 Å². The molecule has 1 N–H and O–H groups in total. The minimum atomic E-state index is -0.369. The summed E-state index contributed by atoms with van der Waals surface area (Å²) in [5.41, 5.74) is 1.51. The van der Waals surface area contributed by atoms with Crippen molar-refractivity contribution in [1.29, 1.82) is 0 Å². The molecule has 2 rings (SSSR count). The standard InChI is InChI=1S/C17H17BrFNO/c1-2-6-16(12-7-4-3-5-8-12)20-17(21)14-10-9-13(19)11-15(14)18/h3-5,7-11,16H,2,6H2,1H3,(H,20,21)/t16-/m1/s1. The molecule has 110 valence electrons. The lowest BCUT2D eigenvalue weighted by molar-refractivity contribution is 0.0933. The first kappa shape index (κ1) is 15.7. The van der Waals surface area contributed by atoms with Crippen LogP contribution < -0.4 is 5.32 Å². The highest BCUT2D eigenvalue weighted by Gasteiger charge is 2.17. The first-order valence-corrected chi connectivity index (χ1v) is 7.72. The van der Waals surface area contributed by atoms with Crippen LogP contribution in [0.5, 0.6) is 0 Å². The molecule has 0 aliphatic heterocycles. The molecule has 2 nitrogen and oxygen atoms in total. The molecule has 0 saturated heterocycles. The molecule has 0 spiro atoms.